The summed E-state index contributed by atoms with van der Waals surface area (Å²) in [6.45, 7) is 14.0. The van der Waals surface area contributed by atoms with Gasteiger partial charge in [0.25, 0.3) is 0 Å². The highest BCUT2D eigenvalue weighted by Crippen LogP contribution is 2.51. The average Bonchev–Trinajstić information content (AvgIpc) is 3.28. The van der Waals surface area contributed by atoms with E-state index in [2.05, 4.69) is 119 Å². The number of carbonyl (C=O) groups is 1. The van der Waals surface area contributed by atoms with Crippen LogP contribution in [0.1, 0.15) is 49.9 Å². The van der Waals surface area contributed by atoms with Gasteiger partial charge in [0.2, 0.25) is 0 Å². The lowest BCUT2D eigenvalue weighted by Gasteiger charge is -2.40. The van der Waals surface area contributed by atoms with Crippen LogP contribution in [0.4, 0.5) is 0 Å². The first-order chi connectivity index (χ1) is 20.0. The third-order valence-corrected chi connectivity index (χ3v) is 13.6. The Bertz CT molecular complexity index is 1470. The van der Waals surface area contributed by atoms with Gasteiger partial charge in [0, 0.05) is 12.5 Å². The van der Waals surface area contributed by atoms with Crippen LogP contribution in [0.15, 0.2) is 109 Å². The molecule has 2 atom stereocenters. The van der Waals surface area contributed by atoms with Gasteiger partial charge in [-0.1, -0.05) is 137 Å². The van der Waals surface area contributed by atoms with Gasteiger partial charge in [-0.05, 0) is 51.5 Å². The quantitative estimate of drug-likeness (QED) is 0.152. The smallest absolute Gasteiger partial charge is 0.323 e. The molecule has 0 aliphatic heterocycles. The molecule has 4 aromatic rings. The van der Waals surface area contributed by atoms with Crippen molar-refractivity contribution in [2.24, 2.45) is 5.92 Å². The van der Waals surface area contributed by atoms with E-state index in [1.54, 1.807) is 0 Å². The number of hydrogen-bond donors (Lipinski definition) is 1. The SMILES string of the molecule is CC(CO[Si](C)(C)C(C)(C)C)C(NC1(c2ccccc2)c2ccccc2-c2ccccc21)C(=O)OCc1ccccc1. The Balaban J connectivity index is 1.58. The number of esters is 1. The van der Waals surface area contributed by atoms with Gasteiger partial charge >= 0.3 is 5.97 Å². The van der Waals surface area contributed by atoms with E-state index >= 15 is 0 Å². The molecule has 0 bridgehead atoms. The molecule has 1 aliphatic rings. The van der Waals surface area contributed by atoms with Crippen molar-refractivity contribution in [2.45, 2.75) is 64.0 Å². The molecule has 0 amide bonds. The fraction of sp³-hybridized carbons (Fsp3) is 0.324. The number of rotatable bonds is 10. The number of carbonyl (C=O) groups excluding carboxylic acids is 1. The maximum Gasteiger partial charge on any atom is 0.323 e. The van der Waals surface area contributed by atoms with E-state index in [4.69, 9.17) is 9.16 Å². The Kier molecular flexibility index (Phi) is 8.56. The van der Waals surface area contributed by atoms with Crippen LogP contribution in [0.5, 0.6) is 0 Å². The third kappa shape index (κ3) is 5.74. The summed E-state index contributed by atoms with van der Waals surface area (Å²) in [7, 11) is -2.04. The first-order valence-electron chi connectivity index (χ1n) is 14.9. The zero-order valence-electron chi connectivity index (χ0n) is 25.7. The molecule has 0 spiro atoms. The molecule has 1 N–H and O–H groups in total. The maximum atomic E-state index is 14.1. The number of ether oxygens (including phenoxy) is 1. The second-order valence-electron chi connectivity index (χ2n) is 13.0. The number of benzene rings is 4. The predicted molar refractivity (Wildman–Crippen MR) is 174 cm³/mol. The van der Waals surface area contributed by atoms with Crippen molar-refractivity contribution < 1.29 is 14.0 Å². The molecule has 2 unspecified atom stereocenters. The highest BCUT2D eigenvalue weighted by atomic mass is 28.4. The Labute approximate surface area is 252 Å². The maximum absolute atomic E-state index is 14.1. The molecule has 0 heterocycles. The molecule has 5 heteroatoms. The molecule has 218 valence electrons. The average molecular weight is 578 g/mol. The molecular weight excluding hydrogens is 534 g/mol. The normalized spacial score (nSPS) is 15.4. The Morgan fingerprint density at radius 2 is 1.29 bits per heavy atom. The van der Waals surface area contributed by atoms with Crippen LogP contribution in [0.2, 0.25) is 18.1 Å². The second kappa shape index (κ2) is 12.0. The molecular formula is C37H43NO3Si. The van der Waals surface area contributed by atoms with E-state index < -0.39 is 19.9 Å². The van der Waals surface area contributed by atoms with Crippen LogP contribution in [0.3, 0.4) is 0 Å². The van der Waals surface area contributed by atoms with Crippen molar-refractivity contribution in [1.29, 1.82) is 0 Å². The van der Waals surface area contributed by atoms with Crippen molar-refractivity contribution in [3.63, 3.8) is 0 Å². The molecule has 5 rings (SSSR count). The molecule has 4 nitrogen and oxygen atoms in total. The zero-order valence-corrected chi connectivity index (χ0v) is 26.7. The van der Waals surface area contributed by atoms with Crippen LogP contribution < -0.4 is 5.32 Å². The van der Waals surface area contributed by atoms with Crippen molar-refractivity contribution in [1.82, 2.24) is 5.32 Å². The Morgan fingerprint density at radius 1 is 0.786 bits per heavy atom. The first-order valence-corrected chi connectivity index (χ1v) is 17.8. The van der Waals surface area contributed by atoms with E-state index in [9.17, 15) is 4.79 Å². The second-order valence-corrected chi connectivity index (χ2v) is 17.8. The number of nitrogens with one attached hydrogen (secondary N) is 1. The van der Waals surface area contributed by atoms with Gasteiger partial charge in [0.1, 0.15) is 12.6 Å². The molecule has 0 radical (unpaired) electrons. The van der Waals surface area contributed by atoms with Gasteiger partial charge in [-0.15, -0.1) is 0 Å². The van der Waals surface area contributed by atoms with Crippen molar-refractivity contribution in [3.8, 4) is 11.1 Å². The lowest BCUT2D eigenvalue weighted by molar-refractivity contribution is -0.149. The fourth-order valence-corrected chi connectivity index (χ4v) is 6.72. The molecule has 4 aromatic carbocycles. The topological polar surface area (TPSA) is 47.6 Å². The lowest BCUT2D eigenvalue weighted by atomic mass is 9.79. The minimum Gasteiger partial charge on any atom is -0.460 e. The van der Waals surface area contributed by atoms with E-state index in [-0.39, 0.29) is 23.5 Å². The minimum atomic E-state index is -2.04. The summed E-state index contributed by atoms with van der Waals surface area (Å²) >= 11 is 0. The summed E-state index contributed by atoms with van der Waals surface area (Å²) in [5.74, 6) is -0.426. The Hall–Kier alpha value is -3.51. The van der Waals surface area contributed by atoms with Gasteiger partial charge in [-0.2, -0.15) is 0 Å². The van der Waals surface area contributed by atoms with E-state index in [1.807, 2.05) is 36.4 Å². The predicted octanol–water partition coefficient (Wildman–Crippen LogP) is 8.32. The van der Waals surface area contributed by atoms with Gasteiger partial charge in [0.05, 0.1) is 5.54 Å². The standard InChI is InChI=1S/C37H43NO3Si/c1-27(25-41-42(5,6)36(2,3)4)34(35(39)40-26-28-17-9-7-10-18-28)38-37(29-19-11-8-12-20-29)32-23-15-13-21-30(32)31-22-14-16-24-33(31)37/h7-24,27,34,38H,25-26H2,1-6H3. The first kappa shape index (κ1) is 30.0. The molecule has 0 saturated heterocycles. The lowest BCUT2D eigenvalue weighted by Crippen LogP contribution is -2.55. The van der Waals surface area contributed by atoms with Crippen LogP contribution in [-0.4, -0.2) is 26.9 Å². The summed E-state index contributed by atoms with van der Waals surface area (Å²) in [4.78, 5) is 14.1. The van der Waals surface area contributed by atoms with Gasteiger partial charge < -0.3 is 9.16 Å². The minimum absolute atomic E-state index is 0.0675. The monoisotopic (exact) mass is 577 g/mol. The van der Waals surface area contributed by atoms with Gasteiger partial charge in [-0.25, -0.2) is 0 Å². The fourth-order valence-electron chi connectivity index (χ4n) is 5.61. The highest BCUT2D eigenvalue weighted by molar-refractivity contribution is 6.74. The summed E-state index contributed by atoms with van der Waals surface area (Å²) in [5.41, 5.74) is 5.92. The van der Waals surface area contributed by atoms with Crippen LogP contribution in [0.25, 0.3) is 11.1 Å². The van der Waals surface area contributed by atoms with E-state index in [0.717, 1.165) is 22.3 Å². The number of fused-ring (bicyclic) bond motifs is 3. The van der Waals surface area contributed by atoms with E-state index in [1.165, 1.54) is 11.1 Å². The van der Waals surface area contributed by atoms with Crippen molar-refractivity contribution in [2.75, 3.05) is 6.61 Å². The van der Waals surface area contributed by atoms with Gasteiger partial charge in [0.15, 0.2) is 8.32 Å². The third-order valence-electron chi connectivity index (χ3n) is 9.09. The molecule has 0 aromatic heterocycles. The summed E-state index contributed by atoms with van der Waals surface area (Å²) in [6.07, 6.45) is 0. The van der Waals surface area contributed by atoms with E-state index in [0.29, 0.717) is 6.61 Å². The molecule has 42 heavy (non-hydrogen) atoms. The van der Waals surface area contributed by atoms with Crippen LogP contribution >= 0.6 is 0 Å². The van der Waals surface area contributed by atoms with Crippen LogP contribution in [-0.2, 0) is 26.1 Å². The van der Waals surface area contributed by atoms with Crippen molar-refractivity contribution >= 4 is 14.3 Å². The highest BCUT2D eigenvalue weighted by Gasteiger charge is 2.48. The summed E-state index contributed by atoms with van der Waals surface area (Å²) in [6, 6.07) is 36.7. The van der Waals surface area contributed by atoms with Crippen LogP contribution in [0, 0.1) is 5.92 Å². The van der Waals surface area contributed by atoms with Gasteiger partial charge in [-0.3, -0.25) is 10.1 Å². The Morgan fingerprint density at radius 3 is 1.83 bits per heavy atom. The largest absolute Gasteiger partial charge is 0.460 e. The summed E-state index contributed by atoms with van der Waals surface area (Å²) in [5, 5.41) is 4.00. The zero-order chi connectivity index (χ0) is 30.0. The summed E-state index contributed by atoms with van der Waals surface area (Å²) < 4.78 is 12.7. The van der Waals surface area contributed by atoms with Crippen molar-refractivity contribution in [3.05, 3.63) is 131 Å². The molecule has 1 aliphatic carbocycles. The number of hydrogen-bond acceptors (Lipinski definition) is 4. The molecule has 0 fully saturated rings. The molecule has 0 saturated carbocycles.